The van der Waals surface area contributed by atoms with Crippen LogP contribution in [0.1, 0.15) is 27.4 Å². The average Bonchev–Trinajstić information content (AvgIpc) is 2.97. The second kappa shape index (κ2) is 5.29. The molecule has 1 aliphatic heterocycles. The first-order chi connectivity index (χ1) is 9.75. The minimum atomic E-state index is 0.00699. The number of Topliss-reactive ketones (excluding diaryl/α,β-unsaturated/α-hetero) is 1. The Labute approximate surface area is 118 Å². The summed E-state index contributed by atoms with van der Waals surface area (Å²) in [6.45, 7) is 2.66. The standard InChI is InChI=1S/C17H16N2O/c1-12-6-5-9-14(10-12)17(20)16-15(11-18-19-16)13-7-3-2-4-8-13/h2-10,15,18H,11H2,1H3. The first-order valence-electron chi connectivity index (χ1n) is 6.72. The van der Waals surface area contributed by atoms with Gasteiger partial charge in [0.15, 0.2) is 0 Å². The van der Waals surface area contributed by atoms with Crippen LogP contribution in [0.4, 0.5) is 0 Å². The van der Waals surface area contributed by atoms with Gasteiger partial charge in [0.2, 0.25) is 5.78 Å². The molecule has 0 aliphatic carbocycles. The molecule has 1 heterocycles. The third-order valence-electron chi connectivity index (χ3n) is 3.54. The van der Waals surface area contributed by atoms with E-state index in [1.54, 1.807) is 0 Å². The third-order valence-corrected chi connectivity index (χ3v) is 3.54. The lowest BCUT2D eigenvalue weighted by Crippen LogP contribution is -2.21. The van der Waals surface area contributed by atoms with E-state index in [4.69, 9.17) is 0 Å². The van der Waals surface area contributed by atoms with Crippen LogP contribution in [0, 0.1) is 6.92 Å². The number of carbonyl (C=O) groups excluding carboxylic acids is 1. The molecule has 0 bridgehead atoms. The normalized spacial score (nSPS) is 17.4. The molecule has 0 spiro atoms. The molecule has 100 valence electrons. The molecule has 3 nitrogen and oxygen atoms in total. The van der Waals surface area contributed by atoms with Crippen molar-refractivity contribution in [3.05, 3.63) is 71.3 Å². The molecule has 0 radical (unpaired) electrons. The number of nitrogens with zero attached hydrogens (tertiary/aromatic N) is 1. The maximum atomic E-state index is 12.6. The molecule has 1 unspecified atom stereocenters. The van der Waals surface area contributed by atoms with Crippen molar-refractivity contribution in [1.29, 1.82) is 0 Å². The molecule has 1 aliphatic rings. The molecule has 2 aromatic carbocycles. The maximum absolute atomic E-state index is 12.6. The van der Waals surface area contributed by atoms with E-state index in [0.29, 0.717) is 17.8 Å². The van der Waals surface area contributed by atoms with E-state index in [1.165, 1.54) is 0 Å². The molecule has 0 aromatic heterocycles. The van der Waals surface area contributed by atoms with Crippen LogP contribution >= 0.6 is 0 Å². The van der Waals surface area contributed by atoms with Crippen molar-refractivity contribution >= 4 is 11.5 Å². The number of hydrogen-bond acceptors (Lipinski definition) is 3. The van der Waals surface area contributed by atoms with E-state index < -0.39 is 0 Å². The van der Waals surface area contributed by atoms with Crippen molar-refractivity contribution in [3.63, 3.8) is 0 Å². The van der Waals surface area contributed by atoms with E-state index in [0.717, 1.165) is 11.1 Å². The zero-order valence-electron chi connectivity index (χ0n) is 11.3. The first kappa shape index (κ1) is 12.6. The number of nitrogens with one attached hydrogen (secondary N) is 1. The first-order valence-corrected chi connectivity index (χ1v) is 6.72. The van der Waals surface area contributed by atoms with Crippen LogP contribution in [0.3, 0.4) is 0 Å². The van der Waals surface area contributed by atoms with Gasteiger partial charge < -0.3 is 5.43 Å². The Morgan fingerprint density at radius 1 is 1.15 bits per heavy atom. The SMILES string of the molecule is Cc1cccc(C(=O)C2=NNCC2c2ccccc2)c1. The Morgan fingerprint density at radius 3 is 2.70 bits per heavy atom. The molecular formula is C17H16N2O. The van der Waals surface area contributed by atoms with E-state index in [-0.39, 0.29) is 11.7 Å². The number of carbonyl (C=O) groups is 1. The third kappa shape index (κ3) is 2.35. The highest BCUT2D eigenvalue weighted by atomic mass is 16.1. The fourth-order valence-electron chi connectivity index (χ4n) is 2.50. The van der Waals surface area contributed by atoms with Gasteiger partial charge in [0, 0.05) is 12.1 Å². The summed E-state index contributed by atoms with van der Waals surface area (Å²) in [5.74, 6) is 0.0387. The summed E-state index contributed by atoms with van der Waals surface area (Å²) in [5, 5.41) is 4.22. The van der Waals surface area contributed by atoms with Gasteiger partial charge in [-0.2, -0.15) is 5.10 Å². The van der Waals surface area contributed by atoms with Crippen LogP contribution < -0.4 is 5.43 Å². The predicted octanol–water partition coefficient (Wildman–Crippen LogP) is 2.92. The lowest BCUT2D eigenvalue weighted by molar-refractivity contribution is 0.106. The molecule has 1 atom stereocenters. The Morgan fingerprint density at radius 2 is 1.95 bits per heavy atom. The molecule has 0 amide bonds. The van der Waals surface area contributed by atoms with Crippen LogP contribution in [0.2, 0.25) is 0 Å². The smallest absolute Gasteiger partial charge is 0.209 e. The van der Waals surface area contributed by atoms with Crippen LogP contribution in [0.15, 0.2) is 59.7 Å². The summed E-state index contributed by atoms with van der Waals surface area (Å²) in [6.07, 6.45) is 0. The quantitative estimate of drug-likeness (QED) is 0.866. The lowest BCUT2D eigenvalue weighted by atomic mass is 9.90. The summed E-state index contributed by atoms with van der Waals surface area (Å²) in [6, 6.07) is 17.7. The van der Waals surface area contributed by atoms with E-state index in [9.17, 15) is 4.79 Å². The number of aryl methyl sites for hydroxylation is 1. The summed E-state index contributed by atoms with van der Waals surface area (Å²) in [7, 11) is 0. The Balaban J connectivity index is 1.91. The Bertz CT molecular complexity index is 662. The van der Waals surface area contributed by atoms with E-state index >= 15 is 0 Å². The summed E-state index contributed by atoms with van der Waals surface area (Å²) in [5.41, 5.74) is 6.46. The number of hydrazone groups is 1. The summed E-state index contributed by atoms with van der Waals surface area (Å²) >= 11 is 0. The van der Waals surface area contributed by atoms with Crippen molar-refractivity contribution in [2.45, 2.75) is 12.8 Å². The van der Waals surface area contributed by atoms with Crippen molar-refractivity contribution in [2.75, 3.05) is 6.54 Å². The summed E-state index contributed by atoms with van der Waals surface area (Å²) < 4.78 is 0. The van der Waals surface area contributed by atoms with Crippen LogP contribution in [0.5, 0.6) is 0 Å². The average molecular weight is 264 g/mol. The molecule has 3 rings (SSSR count). The van der Waals surface area contributed by atoms with Gasteiger partial charge in [-0.25, -0.2) is 0 Å². The van der Waals surface area contributed by atoms with Crippen molar-refractivity contribution in [2.24, 2.45) is 5.10 Å². The molecular weight excluding hydrogens is 248 g/mol. The van der Waals surface area contributed by atoms with Crippen molar-refractivity contribution in [3.8, 4) is 0 Å². The highest BCUT2D eigenvalue weighted by molar-refractivity contribution is 6.48. The number of hydrogen-bond donors (Lipinski definition) is 1. The molecule has 20 heavy (non-hydrogen) atoms. The highest BCUT2D eigenvalue weighted by Crippen LogP contribution is 2.22. The zero-order valence-corrected chi connectivity index (χ0v) is 11.3. The van der Waals surface area contributed by atoms with Crippen LogP contribution in [-0.4, -0.2) is 18.0 Å². The second-order valence-electron chi connectivity index (χ2n) is 5.02. The topological polar surface area (TPSA) is 41.5 Å². The van der Waals surface area contributed by atoms with Crippen molar-refractivity contribution < 1.29 is 4.79 Å². The fourth-order valence-corrected chi connectivity index (χ4v) is 2.50. The maximum Gasteiger partial charge on any atom is 0.209 e. The molecule has 0 saturated carbocycles. The largest absolute Gasteiger partial charge is 0.309 e. The monoisotopic (exact) mass is 264 g/mol. The molecule has 0 saturated heterocycles. The predicted molar refractivity (Wildman–Crippen MR) is 80.1 cm³/mol. The molecule has 0 fully saturated rings. The fraction of sp³-hybridized carbons (Fsp3) is 0.176. The van der Waals surface area contributed by atoms with Crippen LogP contribution in [-0.2, 0) is 0 Å². The van der Waals surface area contributed by atoms with Gasteiger partial charge in [0.25, 0.3) is 0 Å². The van der Waals surface area contributed by atoms with Gasteiger partial charge in [-0.3, -0.25) is 4.79 Å². The Hall–Kier alpha value is -2.42. The van der Waals surface area contributed by atoms with Gasteiger partial charge in [-0.1, -0.05) is 54.1 Å². The highest BCUT2D eigenvalue weighted by Gasteiger charge is 2.29. The summed E-state index contributed by atoms with van der Waals surface area (Å²) in [4.78, 5) is 12.6. The number of benzene rings is 2. The second-order valence-corrected chi connectivity index (χ2v) is 5.02. The Kier molecular flexibility index (Phi) is 3.33. The van der Waals surface area contributed by atoms with Gasteiger partial charge in [-0.05, 0) is 18.6 Å². The molecule has 2 aromatic rings. The lowest BCUT2D eigenvalue weighted by Gasteiger charge is -2.11. The minimum absolute atomic E-state index is 0.00699. The van der Waals surface area contributed by atoms with Gasteiger partial charge in [0.1, 0.15) is 5.71 Å². The van der Waals surface area contributed by atoms with Gasteiger partial charge in [0.05, 0.1) is 5.92 Å². The van der Waals surface area contributed by atoms with Crippen LogP contribution in [0.25, 0.3) is 0 Å². The minimum Gasteiger partial charge on any atom is -0.309 e. The van der Waals surface area contributed by atoms with Gasteiger partial charge in [-0.15, -0.1) is 0 Å². The van der Waals surface area contributed by atoms with Crippen molar-refractivity contribution in [1.82, 2.24) is 5.43 Å². The van der Waals surface area contributed by atoms with E-state index in [1.807, 2.05) is 61.5 Å². The number of ketones is 1. The van der Waals surface area contributed by atoms with E-state index in [2.05, 4.69) is 10.5 Å². The number of rotatable bonds is 3. The zero-order chi connectivity index (χ0) is 13.9. The molecule has 1 N–H and O–H groups in total. The van der Waals surface area contributed by atoms with Gasteiger partial charge >= 0.3 is 0 Å². The molecule has 3 heteroatoms.